The molecule has 1 atom stereocenters. The van der Waals surface area contributed by atoms with Crippen LogP contribution in [0.4, 0.5) is 13.2 Å². The molecule has 0 N–H and O–H groups in total. The van der Waals surface area contributed by atoms with Gasteiger partial charge in [-0.25, -0.2) is 0 Å². The molecule has 0 bridgehead atoms. The highest BCUT2D eigenvalue weighted by atomic mass is 19.4. The third kappa shape index (κ3) is 3.61. The van der Waals surface area contributed by atoms with E-state index in [0.29, 0.717) is 0 Å². The van der Waals surface area contributed by atoms with Gasteiger partial charge in [0.1, 0.15) is 6.10 Å². The van der Waals surface area contributed by atoms with E-state index in [2.05, 4.69) is 4.98 Å². The molecule has 1 aliphatic carbocycles. The first kappa shape index (κ1) is 15.9. The van der Waals surface area contributed by atoms with Crippen molar-refractivity contribution >= 4 is 5.78 Å². The van der Waals surface area contributed by atoms with Crippen LogP contribution in [0.1, 0.15) is 48.0 Å². The van der Waals surface area contributed by atoms with Crippen LogP contribution in [0.15, 0.2) is 18.5 Å². The van der Waals surface area contributed by atoms with Crippen molar-refractivity contribution in [2.45, 2.75) is 44.4 Å². The Bertz CT molecular complexity index is 496. The quantitative estimate of drug-likeness (QED) is 0.792. The second kappa shape index (κ2) is 6.56. The molecule has 0 aliphatic heterocycles. The number of ketones is 1. The average molecular weight is 301 g/mol. The van der Waals surface area contributed by atoms with E-state index in [9.17, 15) is 18.0 Å². The zero-order valence-corrected chi connectivity index (χ0v) is 11.8. The molecular weight excluding hydrogens is 283 g/mol. The Morgan fingerprint density at radius 2 is 2.00 bits per heavy atom. The van der Waals surface area contributed by atoms with Crippen LogP contribution in [0.2, 0.25) is 0 Å². The van der Waals surface area contributed by atoms with E-state index in [1.54, 1.807) is 0 Å². The largest absolute Gasteiger partial charge is 0.417 e. The highest BCUT2D eigenvalue weighted by Crippen LogP contribution is 2.34. The molecule has 21 heavy (non-hydrogen) atoms. The van der Waals surface area contributed by atoms with Gasteiger partial charge in [-0.1, -0.05) is 19.3 Å². The molecule has 116 valence electrons. The van der Waals surface area contributed by atoms with Gasteiger partial charge in [0.05, 0.1) is 11.1 Å². The minimum atomic E-state index is -4.57. The molecule has 1 aliphatic rings. The first-order valence-electron chi connectivity index (χ1n) is 7.03. The molecule has 2 rings (SSSR count). The number of carbonyl (C=O) groups is 1. The number of Topliss-reactive ketones (excluding diaryl/α,β-unsaturated/α-hetero) is 1. The summed E-state index contributed by atoms with van der Waals surface area (Å²) in [5, 5.41) is 0. The predicted molar refractivity (Wildman–Crippen MR) is 70.9 cm³/mol. The Morgan fingerprint density at radius 1 is 1.33 bits per heavy atom. The minimum Gasteiger partial charge on any atom is -0.373 e. The van der Waals surface area contributed by atoms with Crippen molar-refractivity contribution < 1.29 is 22.7 Å². The lowest BCUT2D eigenvalue weighted by Gasteiger charge is -2.28. The summed E-state index contributed by atoms with van der Waals surface area (Å²) in [4.78, 5) is 16.1. The third-order valence-corrected chi connectivity index (χ3v) is 3.98. The Kier molecular flexibility index (Phi) is 4.98. The molecule has 1 aromatic heterocycles. The number of hydrogen-bond acceptors (Lipinski definition) is 3. The minimum absolute atomic E-state index is 0.0162. The van der Waals surface area contributed by atoms with Crippen LogP contribution >= 0.6 is 0 Å². The molecule has 0 aromatic carbocycles. The van der Waals surface area contributed by atoms with Crippen molar-refractivity contribution in [1.82, 2.24) is 4.98 Å². The number of nitrogens with zero attached hydrogens (tertiary/aromatic N) is 1. The lowest BCUT2D eigenvalue weighted by atomic mass is 9.82. The first-order valence-corrected chi connectivity index (χ1v) is 7.03. The highest BCUT2D eigenvalue weighted by molar-refractivity contribution is 6.00. The number of methoxy groups -OCH3 is 1. The molecule has 6 heteroatoms. The summed E-state index contributed by atoms with van der Waals surface area (Å²) in [6.07, 6.45) is 1.32. The number of ether oxygens (including phenoxy) is 1. The fourth-order valence-electron chi connectivity index (χ4n) is 2.94. The van der Waals surface area contributed by atoms with Gasteiger partial charge in [0, 0.05) is 19.5 Å². The van der Waals surface area contributed by atoms with Crippen molar-refractivity contribution in [3.63, 3.8) is 0 Å². The molecule has 1 heterocycles. The van der Waals surface area contributed by atoms with Crippen molar-refractivity contribution in [3.8, 4) is 0 Å². The fraction of sp³-hybridized carbons (Fsp3) is 0.600. The van der Waals surface area contributed by atoms with E-state index in [0.717, 1.165) is 50.6 Å². The van der Waals surface area contributed by atoms with Crippen LogP contribution in [0, 0.1) is 5.92 Å². The van der Waals surface area contributed by atoms with Crippen LogP contribution in [0.5, 0.6) is 0 Å². The van der Waals surface area contributed by atoms with E-state index in [1.807, 2.05) is 0 Å². The summed E-state index contributed by atoms with van der Waals surface area (Å²) in [6.45, 7) is 0. The summed E-state index contributed by atoms with van der Waals surface area (Å²) >= 11 is 0. The number of pyridine rings is 1. The molecule has 1 unspecified atom stereocenters. The number of alkyl halides is 3. The zero-order chi connectivity index (χ0) is 15.5. The van der Waals surface area contributed by atoms with E-state index >= 15 is 0 Å². The number of aromatic nitrogens is 1. The molecule has 1 saturated carbocycles. The van der Waals surface area contributed by atoms with Crippen LogP contribution < -0.4 is 0 Å². The molecule has 3 nitrogen and oxygen atoms in total. The summed E-state index contributed by atoms with van der Waals surface area (Å²) in [5.41, 5.74) is -1.34. The Hall–Kier alpha value is -1.43. The van der Waals surface area contributed by atoms with Gasteiger partial charge in [-0.05, 0) is 24.8 Å². The normalized spacial score (nSPS) is 18.5. The van der Waals surface area contributed by atoms with Crippen LogP contribution in [0.25, 0.3) is 0 Å². The van der Waals surface area contributed by atoms with Crippen molar-refractivity contribution in [2.24, 2.45) is 5.92 Å². The van der Waals surface area contributed by atoms with Crippen molar-refractivity contribution in [3.05, 3.63) is 29.6 Å². The van der Waals surface area contributed by atoms with E-state index in [-0.39, 0.29) is 5.92 Å². The molecule has 0 amide bonds. The smallest absolute Gasteiger partial charge is 0.373 e. The fourth-order valence-corrected chi connectivity index (χ4v) is 2.94. The number of carbonyl (C=O) groups excluding carboxylic acids is 1. The van der Waals surface area contributed by atoms with Crippen LogP contribution in [0.3, 0.4) is 0 Å². The number of hydrogen-bond donors (Lipinski definition) is 0. The molecule has 0 radical (unpaired) electrons. The van der Waals surface area contributed by atoms with Gasteiger partial charge in [-0.3, -0.25) is 9.78 Å². The maximum absolute atomic E-state index is 13.0. The Balaban J connectivity index is 2.29. The summed E-state index contributed by atoms with van der Waals surface area (Å²) in [5.74, 6) is -0.637. The van der Waals surface area contributed by atoms with Crippen LogP contribution in [-0.4, -0.2) is 24.0 Å². The van der Waals surface area contributed by atoms with Gasteiger partial charge in [0.15, 0.2) is 5.78 Å². The van der Waals surface area contributed by atoms with Crippen molar-refractivity contribution in [1.29, 1.82) is 0 Å². The Labute approximate surface area is 121 Å². The molecule has 0 saturated heterocycles. The Morgan fingerprint density at radius 3 is 2.57 bits per heavy atom. The average Bonchev–Trinajstić information content (AvgIpc) is 2.48. The molecule has 1 aromatic rings. The van der Waals surface area contributed by atoms with Gasteiger partial charge in [-0.2, -0.15) is 13.2 Å². The zero-order valence-electron chi connectivity index (χ0n) is 11.8. The van der Waals surface area contributed by atoms with Gasteiger partial charge in [0.2, 0.25) is 0 Å². The summed E-state index contributed by atoms with van der Waals surface area (Å²) < 4.78 is 44.2. The van der Waals surface area contributed by atoms with Gasteiger partial charge < -0.3 is 4.74 Å². The summed E-state index contributed by atoms with van der Waals surface area (Å²) in [6, 6.07) is 0.834. The van der Waals surface area contributed by atoms with Crippen LogP contribution in [-0.2, 0) is 10.9 Å². The predicted octanol–water partition coefficient (Wildman–Crippen LogP) is 3.88. The van der Waals surface area contributed by atoms with Gasteiger partial charge in [0.25, 0.3) is 0 Å². The van der Waals surface area contributed by atoms with E-state index in [1.165, 1.54) is 7.11 Å². The van der Waals surface area contributed by atoms with E-state index in [4.69, 9.17) is 4.74 Å². The van der Waals surface area contributed by atoms with Crippen molar-refractivity contribution in [2.75, 3.05) is 7.11 Å². The third-order valence-electron chi connectivity index (χ3n) is 3.98. The van der Waals surface area contributed by atoms with Gasteiger partial charge >= 0.3 is 6.18 Å². The maximum Gasteiger partial charge on any atom is 0.417 e. The lowest BCUT2D eigenvalue weighted by Crippen LogP contribution is -2.34. The highest BCUT2D eigenvalue weighted by Gasteiger charge is 2.38. The lowest BCUT2D eigenvalue weighted by molar-refractivity contribution is -0.138. The molecule has 0 spiro atoms. The molecule has 1 fully saturated rings. The number of halogens is 3. The summed E-state index contributed by atoms with van der Waals surface area (Å²) in [7, 11) is 1.38. The maximum atomic E-state index is 13.0. The SMILES string of the molecule is COC(C(=O)c1cnccc1C(F)(F)F)C1CCCCC1. The second-order valence-electron chi connectivity index (χ2n) is 5.34. The standard InChI is InChI=1S/C15H18F3NO2/c1-21-14(10-5-3-2-4-6-10)13(20)11-9-19-8-7-12(11)15(16,17)18/h7-10,14H,2-6H2,1H3. The molecular formula is C15H18F3NO2. The topological polar surface area (TPSA) is 39.2 Å². The first-order chi connectivity index (χ1) is 9.95. The number of rotatable bonds is 4. The monoisotopic (exact) mass is 301 g/mol. The van der Waals surface area contributed by atoms with E-state index < -0.39 is 29.2 Å². The second-order valence-corrected chi connectivity index (χ2v) is 5.34. The van der Waals surface area contributed by atoms with Gasteiger partial charge in [-0.15, -0.1) is 0 Å².